The van der Waals surface area contributed by atoms with E-state index >= 15 is 0 Å². The Morgan fingerprint density at radius 1 is 1.23 bits per heavy atom. The molecular formula is C19H25FN2O4. The van der Waals surface area contributed by atoms with Gasteiger partial charge in [0.25, 0.3) is 0 Å². The number of hydrogen-bond acceptors (Lipinski definition) is 3. The van der Waals surface area contributed by atoms with Crippen molar-refractivity contribution in [2.45, 2.75) is 51.0 Å². The van der Waals surface area contributed by atoms with Gasteiger partial charge in [0, 0.05) is 0 Å². The lowest BCUT2D eigenvalue weighted by atomic mass is 9.75. The highest BCUT2D eigenvalue weighted by Gasteiger charge is 2.42. The number of carbonyl (C=O) groups excluding carboxylic acids is 2. The van der Waals surface area contributed by atoms with Crippen molar-refractivity contribution in [1.82, 2.24) is 10.6 Å². The van der Waals surface area contributed by atoms with Gasteiger partial charge >= 0.3 is 5.97 Å². The minimum absolute atomic E-state index is 0.0483. The molecule has 1 saturated carbocycles. The van der Waals surface area contributed by atoms with E-state index in [1.54, 1.807) is 6.07 Å². The van der Waals surface area contributed by atoms with Crippen LogP contribution in [0.15, 0.2) is 24.3 Å². The Morgan fingerprint density at radius 2 is 1.92 bits per heavy atom. The van der Waals surface area contributed by atoms with Gasteiger partial charge in [-0.1, -0.05) is 25.5 Å². The molecule has 0 bridgehead atoms. The van der Waals surface area contributed by atoms with E-state index in [1.807, 2.05) is 0 Å². The van der Waals surface area contributed by atoms with Gasteiger partial charge in [0.15, 0.2) is 0 Å². The Labute approximate surface area is 152 Å². The molecule has 1 aliphatic rings. The lowest BCUT2D eigenvalue weighted by Crippen LogP contribution is -2.58. The minimum Gasteiger partial charge on any atom is -0.480 e. The predicted molar refractivity (Wildman–Crippen MR) is 93.9 cm³/mol. The molecule has 0 unspecified atom stereocenters. The van der Waals surface area contributed by atoms with Crippen LogP contribution in [0.3, 0.4) is 0 Å². The first kappa shape index (κ1) is 19.9. The van der Waals surface area contributed by atoms with Crippen LogP contribution in [0, 0.1) is 11.7 Å². The Hall–Kier alpha value is -2.44. The number of amides is 2. The average molecular weight is 364 g/mol. The molecule has 0 heterocycles. The van der Waals surface area contributed by atoms with E-state index in [-0.39, 0.29) is 13.0 Å². The van der Waals surface area contributed by atoms with E-state index in [4.69, 9.17) is 0 Å². The lowest BCUT2D eigenvalue weighted by Gasteiger charge is -2.37. The van der Waals surface area contributed by atoms with Crippen molar-refractivity contribution >= 4 is 17.8 Å². The highest BCUT2D eigenvalue weighted by Crippen LogP contribution is 2.33. The Balaban J connectivity index is 1.84. The largest absolute Gasteiger partial charge is 0.480 e. The van der Waals surface area contributed by atoms with Crippen LogP contribution in [0.25, 0.3) is 0 Å². The molecule has 0 spiro atoms. The summed E-state index contributed by atoms with van der Waals surface area (Å²) < 4.78 is 13.1. The van der Waals surface area contributed by atoms with Crippen LogP contribution in [0.1, 0.15) is 44.6 Å². The van der Waals surface area contributed by atoms with Crippen LogP contribution in [-0.2, 0) is 20.8 Å². The van der Waals surface area contributed by atoms with E-state index in [0.717, 1.165) is 19.3 Å². The first-order valence-corrected chi connectivity index (χ1v) is 8.90. The SMILES string of the molecule is CCC1CCC(NC(=O)CNC(=O)Cc2cccc(F)c2)(C(=O)O)CC1. The van der Waals surface area contributed by atoms with Gasteiger partial charge in [-0.15, -0.1) is 0 Å². The van der Waals surface area contributed by atoms with E-state index < -0.39 is 29.1 Å². The summed E-state index contributed by atoms with van der Waals surface area (Å²) in [5.74, 6) is -1.93. The summed E-state index contributed by atoms with van der Waals surface area (Å²) in [6.07, 6.45) is 3.25. The van der Waals surface area contributed by atoms with Gasteiger partial charge in [-0.25, -0.2) is 9.18 Å². The molecule has 0 atom stereocenters. The summed E-state index contributed by atoms with van der Waals surface area (Å²) in [5.41, 5.74) is -0.751. The third-order valence-corrected chi connectivity index (χ3v) is 5.02. The predicted octanol–water partition coefficient (Wildman–Crippen LogP) is 2.02. The number of rotatable bonds is 7. The standard InChI is InChI=1S/C19H25FN2O4/c1-2-13-6-8-19(9-7-13,18(25)26)22-17(24)12-21-16(23)11-14-4-3-5-15(20)10-14/h3-5,10,13H,2,6-9,11-12H2,1H3,(H,21,23)(H,22,24)(H,25,26). The van der Waals surface area contributed by atoms with Crippen molar-refractivity contribution in [3.63, 3.8) is 0 Å². The van der Waals surface area contributed by atoms with E-state index in [9.17, 15) is 23.9 Å². The molecule has 26 heavy (non-hydrogen) atoms. The van der Waals surface area contributed by atoms with Crippen LogP contribution in [0.2, 0.25) is 0 Å². The Kier molecular flexibility index (Phi) is 6.71. The number of nitrogens with one attached hydrogen (secondary N) is 2. The zero-order chi connectivity index (χ0) is 19.2. The number of carbonyl (C=O) groups is 3. The molecule has 1 aliphatic carbocycles. The molecule has 2 amide bonds. The quantitative estimate of drug-likeness (QED) is 0.690. The van der Waals surface area contributed by atoms with Gasteiger partial charge in [0.1, 0.15) is 11.4 Å². The molecule has 0 aromatic heterocycles. The minimum atomic E-state index is -1.25. The molecule has 0 radical (unpaired) electrons. The number of benzene rings is 1. The Morgan fingerprint density at radius 3 is 2.50 bits per heavy atom. The fraction of sp³-hybridized carbons (Fsp3) is 0.526. The van der Waals surface area contributed by atoms with Gasteiger partial charge in [0.2, 0.25) is 11.8 Å². The summed E-state index contributed by atoms with van der Waals surface area (Å²) in [4.78, 5) is 35.7. The molecule has 0 aliphatic heterocycles. The highest BCUT2D eigenvalue weighted by molar-refractivity contribution is 5.90. The van der Waals surface area contributed by atoms with Crippen molar-refractivity contribution in [2.75, 3.05) is 6.54 Å². The zero-order valence-corrected chi connectivity index (χ0v) is 14.9. The zero-order valence-electron chi connectivity index (χ0n) is 14.9. The van der Waals surface area contributed by atoms with Crippen LogP contribution in [-0.4, -0.2) is 35.0 Å². The fourth-order valence-electron chi connectivity index (χ4n) is 3.36. The van der Waals surface area contributed by atoms with Crippen LogP contribution in [0.5, 0.6) is 0 Å². The van der Waals surface area contributed by atoms with Crippen LogP contribution >= 0.6 is 0 Å². The second kappa shape index (κ2) is 8.78. The second-order valence-electron chi connectivity index (χ2n) is 6.87. The lowest BCUT2D eigenvalue weighted by molar-refractivity contribution is -0.149. The van der Waals surface area contributed by atoms with Gasteiger partial charge in [-0.05, 0) is 49.3 Å². The van der Waals surface area contributed by atoms with E-state index in [2.05, 4.69) is 17.6 Å². The third-order valence-electron chi connectivity index (χ3n) is 5.02. The van der Waals surface area contributed by atoms with Gasteiger partial charge < -0.3 is 15.7 Å². The van der Waals surface area contributed by atoms with E-state index in [0.29, 0.717) is 24.3 Å². The third kappa shape index (κ3) is 5.28. The van der Waals surface area contributed by atoms with Crippen molar-refractivity contribution in [2.24, 2.45) is 5.92 Å². The van der Waals surface area contributed by atoms with Crippen LogP contribution in [0.4, 0.5) is 4.39 Å². The maximum absolute atomic E-state index is 13.1. The van der Waals surface area contributed by atoms with Crippen molar-refractivity contribution in [3.05, 3.63) is 35.6 Å². The maximum atomic E-state index is 13.1. The number of carboxylic acid groups (broad SMARTS) is 1. The number of carboxylic acids is 1. The molecular weight excluding hydrogens is 339 g/mol. The topological polar surface area (TPSA) is 95.5 Å². The van der Waals surface area contributed by atoms with Gasteiger partial charge in [-0.2, -0.15) is 0 Å². The van der Waals surface area contributed by atoms with Crippen LogP contribution < -0.4 is 10.6 Å². The summed E-state index contributed by atoms with van der Waals surface area (Å²) in [7, 11) is 0. The molecule has 2 rings (SSSR count). The molecule has 7 heteroatoms. The van der Waals surface area contributed by atoms with Crippen molar-refractivity contribution in [3.8, 4) is 0 Å². The molecule has 142 valence electrons. The molecule has 1 aromatic carbocycles. The summed E-state index contributed by atoms with van der Waals surface area (Å²) in [6.45, 7) is 1.77. The molecule has 3 N–H and O–H groups in total. The second-order valence-corrected chi connectivity index (χ2v) is 6.87. The monoisotopic (exact) mass is 364 g/mol. The first-order chi connectivity index (χ1) is 12.3. The van der Waals surface area contributed by atoms with Gasteiger partial charge in [-0.3, -0.25) is 9.59 Å². The number of hydrogen-bond donors (Lipinski definition) is 3. The summed E-state index contributed by atoms with van der Waals surface area (Å²) in [5, 5.41) is 14.6. The first-order valence-electron chi connectivity index (χ1n) is 8.90. The van der Waals surface area contributed by atoms with Crippen molar-refractivity contribution < 1.29 is 23.9 Å². The summed E-state index contributed by atoms with van der Waals surface area (Å²) >= 11 is 0. The number of halogens is 1. The highest BCUT2D eigenvalue weighted by atomic mass is 19.1. The fourth-order valence-corrected chi connectivity index (χ4v) is 3.36. The number of aliphatic carboxylic acids is 1. The average Bonchev–Trinajstić information content (AvgIpc) is 2.60. The smallest absolute Gasteiger partial charge is 0.329 e. The normalized spacial score (nSPS) is 22.5. The maximum Gasteiger partial charge on any atom is 0.329 e. The van der Waals surface area contributed by atoms with Gasteiger partial charge in [0.05, 0.1) is 13.0 Å². The molecule has 0 saturated heterocycles. The summed E-state index contributed by atoms with van der Waals surface area (Å²) in [6, 6.07) is 5.67. The molecule has 1 fully saturated rings. The molecule has 6 nitrogen and oxygen atoms in total. The molecule has 1 aromatic rings. The van der Waals surface area contributed by atoms with Crippen molar-refractivity contribution in [1.29, 1.82) is 0 Å². The Bertz CT molecular complexity index is 669. The van der Waals surface area contributed by atoms with E-state index in [1.165, 1.54) is 18.2 Å².